The Morgan fingerprint density at radius 3 is 3.12 bits per heavy atom. The van der Waals surface area contributed by atoms with E-state index in [4.69, 9.17) is 9.47 Å². The van der Waals surface area contributed by atoms with E-state index in [0.717, 1.165) is 0 Å². The summed E-state index contributed by atoms with van der Waals surface area (Å²) >= 11 is 0. The second-order valence-corrected chi connectivity index (χ2v) is 3.49. The van der Waals surface area contributed by atoms with Crippen molar-refractivity contribution < 1.29 is 19.1 Å². The van der Waals surface area contributed by atoms with Crippen molar-refractivity contribution in [2.75, 3.05) is 18.5 Å². The molecule has 1 amide bonds. The van der Waals surface area contributed by atoms with Crippen LogP contribution < -0.4 is 14.8 Å². The van der Waals surface area contributed by atoms with Crippen LogP contribution in [0.5, 0.6) is 11.5 Å². The van der Waals surface area contributed by atoms with Crippen molar-refractivity contribution >= 4 is 17.4 Å². The largest absolute Gasteiger partial charge is 0.486 e. The van der Waals surface area contributed by atoms with Crippen LogP contribution in [0.15, 0.2) is 18.2 Å². The van der Waals surface area contributed by atoms with Crippen LogP contribution in [0.1, 0.15) is 6.92 Å². The highest BCUT2D eigenvalue weighted by atomic mass is 16.5. The van der Waals surface area contributed by atoms with E-state index in [-0.39, 0.29) is 24.9 Å². The van der Waals surface area contributed by atoms with Gasteiger partial charge in [0.05, 0.1) is 5.69 Å². The van der Waals surface area contributed by atoms with Crippen molar-refractivity contribution in [1.82, 2.24) is 0 Å². The first-order chi connectivity index (χ1) is 7.65. The van der Waals surface area contributed by atoms with Gasteiger partial charge in [-0.25, -0.2) is 0 Å². The summed E-state index contributed by atoms with van der Waals surface area (Å²) in [5, 5.41) is 2.66. The minimum Gasteiger partial charge on any atom is -0.486 e. The SMILES string of the molecule is CC(=O)COc1ccc2c(c1)NC(=O)CO2. The summed E-state index contributed by atoms with van der Waals surface area (Å²) in [6.45, 7) is 1.50. The standard InChI is InChI=1S/C11H11NO4/c1-7(13)5-15-8-2-3-10-9(4-8)12-11(14)6-16-10/h2-4H,5-6H2,1H3,(H,12,14). The molecule has 0 radical (unpaired) electrons. The molecule has 0 spiro atoms. The number of carbonyl (C=O) groups excluding carboxylic acids is 2. The highest BCUT2D eigenvalue weighted by molar-refractivity contribution is 5.95. The zero-order valence-corrected chi connectivity index (χ0v) is 8.78. The molecule has 0 bridgehead atoms. The number of fused-ring (bicyclic) bond motifs is 1. The predicted octanol–water partition coefficient (Wildman–Crippen LogP) is 0.985. The highest BCUT2D eigenvalue weighted by Crippen LogP contribution is 2.31. The molecule has 0 aromatic heterocycles. The molecule has 0 aliphatic carbocycles. The third-order valence-corrected chi connectivity index (χ3v) is 2.03. The Kier molecular flexibility index (Phi) is 2.76. The molecule has 1 N–H and O–H groups in total. The molecule has 16 heavy (non-hydrogen) atoms. The van der Waals surface area contributed by atoms with Gasteiger partial charge in [-0.1, -0.05) is 0 Å². The molecule has 5 heteroatoms. The predicted molar refractivity (Wildman–Crippen MR) is 56.7 cm³/mol. The highest BCUT2D eigenvalue weighted by Gasteiger charge is 2.16. The molecular weight excluding hydrogens is 210 g/mol. The van der Waals surface area contributed by atoms with Gasteiger partial charge in [0.15, 0.2) is 12.4 Å². The number of rotatable bonds is 3. The number of carbonyl (C=O) groups is 2. The Bertz CT molecular complexity index is 442. The molecule has 0 saturated carbocycles. The van der Waals surface area contributed by atoms with Gasteiger partial charge in [0.1, 0.15) is 18.1 Å². The van der Waals surface area contributed by atoms with E-state index in [1.54, 1.807) is 18.2 Å². The summed E-state index contributed by atoms with van der Waals surface area (Å²) in [6.07, 6.45) is 0. The first kappa shape index (κ1) is 10.5. The van der Waals surface area contributed by atoms with Crippen molar-refractivity contribution in [3.63, 3.8) is 0 Å². The topological polar surface area (TPSA) is 64.6 Å². The van der Waals surface area contributed by atoms with Crippen LogP contribution in [0.2, 0.25) is 0 Å². The zero-order chi connectivity index (χ0) is 11.5. The molecule has 0 fully saturated rings. The number of ketones is 1. The van der Waals surface area contributed by atoms with Crippen molar-refractivity contribution in [2.24, 2.45) is 0 Å². The summed E-state index contributed by atoms with van der Waals surface area (Å²) in [4.78, 5) is 21.8. The van der Waals surface area contributed by atoms with Crippen LogP contribution in [0.3, 0.4) is 0 Å². The maximum atomic E-state index is 11.1. The summed E-state index contributed by atoms with van der Waals surface area (Å²) in [7, 11) is 0. The van der Waals surface area contributed by atoms with E-state index in [0.29, 0.717) is 17.2 Å². The van der Waals surface area contributed by atoms with Crippen LogP contribution >= 0.6 is 0 Å². The lowest BCUT2D eigenvalue weighted by atomic mass is 10.2. The Hall–Kier alpha value is -2.04. The third kappa shape index (κ3) is 2.31. The van der Waals surface area contributed by atoms with Crippen LogP contribution in [0.25, 0.3) is 0 Å². The molecule has 1 aromatic rings. The van der Waals surface area contributed by atoms with Crippen LogP contribution in [0, 0.1) is 0 Å². The first-order valence-corrected chi connectivity index (χ1v) is 4.84. The minimum atomic E-state index is -0.198. The van der Waals surface area contributed by atoms with Gasteiger partial charge >= 0.3 is 0 Å². The fourth-order valence-electron chi connectivity index (χ4n) is 1.34. The molecule has 0 saturated heterocycles. The molecule has 5 nitrogen and oxygen atoms in total. The number of ether oxygens (including phenoxy) is 2. The number of hydrogen-bond acceptors (Lipinski definition) is 4. The summed E-state index contributed by atoms with van der Waals surface area (Å²) in [5.74, 6) is 0.878. The lowest BCUT2D eigenvalue weighted by molar-refractivity contribution is -0.119. The van der Waals surface area contributed by atoms with E-state index >= 15 is 0 Å². The lowest BCUT2D eigenvalue weighted by Gasteiger charge is -2.18. The van der Waals surface area contributed by atoms with Gasteiger partial charge in [-0.15, -0.1) is 0 Å². The molecule has 84 valence electrons. The fourth-order valence-corrected chi connectivity index (χ4v) is 1.34. The van der Waals surface area contributed by atoms with Gasteiger partial charge in [-0.05, 0) is 19.1 Å². The number of benzene rings is 1. The van der Waals surface area contributed by atoms with Gasteiger partial charge < -0.3 is 14.8 Å². The zero-order valence-electron chi connectivity index (χ0n) is 8.78. The molecule has 1 aliphatic heterocycles. The minimum absolute atomic E-state index is 0.0214. The smallest absolute Gasteiger partial charge is 0.262 e. The Labute approximate surface area is 92.4 Å². The monoisotopic (exact) mass is 221 g/mol. The number of amides is 1. The van der Waals surface area contributed by atoms with Gasteiger partial charge in [0.25, 0.3) is 5.91 Å². The van der Waals surface area contributed by atoms with Gasteiger partial charge in [-0.2, -0.15) is 0 Å². The molecule has 1 aromatic carbocycles. The maximum absolute atomic E-state index is 11.1. The Morgan fingerprint density at radius 2 is 2.38 bits per heavy atom. The van der Waals surface area contributed by atoms with Crippen molar-refractivity contribution in [3.05, 3.63) is 18.2 Å². The van der Waals surface area contributed by atoms with E-state index in [1.807, 2.05) is 0 Å². The number of Topliss-reactive ketones (excluding diaryl/α,β-unsaturated/α-hetero) is 1. The summed E-state index contributed by atoms with van der Waals surface area (Å²) in [6, 6.07) is 5.03. The van der Waals surface area contributed by atoms with E-state index in [1.165, 1.54) is 6.92 Å². The quantitative estimate of drug-likeness (QED) is 0.826. The van der Waals surface area contributed by atoms with E-state index < -0.39 is 0 Å². The first-order valence-electron chi connectivity index (χ1n) is 4.84. The van der Waals surface area contributed by atoms with Crippen molar-refractivity contribution in [1.29, 1.82) is 0 Å². The molecule has 1 heterocycles. The average molecular weight is 221 g/mol. The molecule has 0 unspecified atom stereocenters. The van der Waals surface area contributed by atoms with Crippen LogP contribution in [-0.4, -0.2) is 24.9 Å². The number of anilines is 1. The average Bonchev–Trinajstić information content (AvgIpc) is 2.25. The lowest BCUT2D eigenvalue weighted by Crippen LogP contribution is -2.25. The van der Waals surface area contributed by atoms with E-state index in [2.05, 4.69) is 5.32 Å². The normalized spacial score (nSPS) is 13.4. The maximum Gasteiger partial charge on any atom is 0.262 e. The van der Waals surface area contributed by atoms with Crippen LogP contribution in [0.4, 0.5) is 5.69 Å². The Balaban J connectivity index is 2.14. The van der Waals surface area contributed by atoms with E-state index in [9.17, 15) is 9.59 Å². The molecule has 0 atom stereocenters. The van der Waals surface area contributed by atoms with Crippen molar-refractivity contribution in [3.8, 4) is 11.5 Å². The fraction of sp³-hybridized carbons (Fsp3) is 0.273. The second kappa shape index (κ2) is 4.22. The molecule has 2 rings (SSSR count). The summed E-state index contributed by atoms with van der Waals surface area (Å²) < 4.78 is 10.4. The van der Waals surface area contributed by atoms with Gasteiger partial charge in [0, 0.05) is 6.07 Å². The Morgan fingerprint density at radius 1 is 1.56 bits per heavy atom. The number of hydrogen-bond donors (Lipinski definition) is 1. The van der Waals surface area contributed by atoms with Crippen LogP contribution in [-0.2, 0) is 9.59 Å². The second-order valence-electron chi connectivity index (χ2n) is 3.49. The summed E-state index contributed by atoms with van der Waals surface area (Å²) in [5.41, 5.74) is 0.567. The molecular formula is C11H11NO4. The third-order valence-electron chi connectivity index (χ3n) is 2.03. The van der Waals surface area contributed by atoms with Gasteiger partial charge in [0.2, 0.25) is 0 Å². The van der Waals surface area contributed by atoms with Gasteiger partial charge in [-0.3, -0.25) is 9.59 Å². The van der Waals surface area contributed by atoms with Crippen molar-refractivity contribution in [2.45, 2.75) is 6.92 Å². The molecule has 1 aliphatic rings. The number of nitrogens with one attached hydrogen (secondary N) is 1.